The van der Waals surface area contributed by atoms with Gasteiger partial charge in [0, 0.05) is 6.54 Å². The fourth-order valence-electron chi connectivity index (χ4n) is 1.97. The van der Waals surface area contributed by atoms with Crippen molar-refractivity contribution in [1.29, 1.82) is 0 Å². The molecule has 8 heteroatoms. The van der Waals surface area contributed by atoms with Crippen LogP contribution in [-0.2, 0) is 0 Å². The highest BCUT2D eigenvalue weighted by Crippen LogP contribution is 2.26. The van der Waals surface area contributed by atoms with Crippen molar-refractivity contribution in [2.45, 2.75) is 0 Å². The second-order valence-corrected chi connectivity index (χ2v) is 5.08. The number of benzene rings is 1. The van der Waals surface area contributed by atoms with Gasteiger partial charge in [0.05, 0.1) is 33.9 Å². The number of aromatic nitrogens is 4. The smallest absolute Gasteiger partial charge is 0.168 e. The molecule has 0 unspecified atom stereocenters. The van der Waals surface area contributed by atoms with Crippen molar-refractivity contribution in [2.75, 3.05) is 18.5 Å². The fourth-order valence-corrected chi connectivity index (χ4v) is 2.26. The van der Waals surface area contributed by atoms with Gasteiger partial charge >= 0.3 is 0 Å². The SMILES string of the molecule is OCCNc1ncnc2c1cnn2-c1ccc(Cl)c(Cl)c1. The molecule has 2 N–H and O–H groups in total. The monoisotopic (exact) mass is 323 g/mol. The van der Waals surface area contributed by atoms with Crippen LogP contribution in [0, 0.1) is 0 Å². The van der Waals surface area contributed by atoms with E-state index in [2.05, 4.69) is 20.4 Å². The molecule has 21 heavy (non-hydrogen) atoms. The molecule has 0 spiro atoms. The van der Waals surface area contributed by atoms with E-state index in [1.54, 1.807) is 23.0 Å². The van der Waals surface area contributed by atoms with E-state index in [1.165, 1.54) is 6.33 Å². The van der Waals surface area contributed by atoms with E-state index in [0.29, 0.717) is 28.1 Å². The predicted octanol–water partition coefficient (Wildman–Crippen LogP) is 2.53. The molecule has 1 aromatic carbocycles. The Hall–Kier alpha value is -1.89. The lowest BCUT2D eigenvalue weighted by atomic mass is 10.3. The van der Waals surface area contributed by atoms with Gasteiger partial charge in [0.25, 0.3) is 0 Å². The number of nitrogens with one attached hydrogen (secondary N) is 1. The maximum Gasteiger partial charge on any atom is 0.168 e. The Morgan fingerprint density at radius 2 is 2.05 bits per heavy atom. The molecule has 0 radical (unpaired) electrons. The van der Waals surface area contributed by atoms with Crippen LogP contribution in [-0.4, -0.2) is 38.0 Å². The Balaban J connectivity index is 2.09. The summed E-state index contributed by atoms with van der Waals surface area (Å²) in [7, 11) is 0. The lowest BCUT2D eigenvalue weighted by Gasteiger charge is -2.06. The summed E-state index contributed by atoms with van der Waals surface area (Å²) < 4.78 is 1.66. The van der Waals surface area contributed by atoms with E-state index >= 15 is 0 Å². The van der Waals surface area contributed by atoms with Crippen molar-refractivity contribution in [2.24, 2.45) is 0 Å². The molecule has 0 saturated carbocycles. The molecule has 0 aliphatic heterocycles. The van der Waals surface area contributed by atoms with Crippen LogP contribution >= 0.6 is 23.2 Å². The minimum absolute atomic E-state index is 0.0203. The maximum atomic E-state index is 8.89. The summed E-state index contributed by atoms with van der Waals surface area (Å²) in [4.78, 5) is 8.40. The van der Waals surface area contributed by atoms with Gasteiger partial charge in [0.1, 0.15) is 12.1 Å². The fraction of sp³-hybridized carbons (Fsp3) is 0.154. The largest absolute Gasteiger partial charge is 0.395 e. The first-order chi connectivity index (χ1) is 10.2. The van der Waals surface area contributed by atoms with Crippen molar-refractivity contribution in [3.05, 3.63) is 40.8 Å². The predicted molar refractivity (Wildman–Crippen MR) is 82.3 cm³/mol. The van der Waals surface area contributed by atoms with Crippen LogP contribution in [0.5, 0.6) is 0 Å². The van der Waals surface area contributed by atoms with E-state index < -0.39 is 0 Å². The first kappa shape index (κ1) is 14.1. The highest BCUT2D eigenvalue weighted by atomic mass is 35.5. The molecule has 2 aromatic heterocycles. The quantitative estimate of drug-likeness (QED) is 0.771. The van der Waals surface area contributed by atoms with Crippen molar-refractivity contribution in [3.63, 3.8) is 0 Å². The Labute approximate surface area is 130 Å². The third-order valence-corrected chi connectivity index (χ3v) is 3.66. The number of fused-ring (bicyclic) bond motifs is 1. The van der Waals surface area contributed by atoms with Gasteiger partial charge in [-0.3, -0.25) is 0 Å². The second kappa shape index (κ2) is 5.85. The van der Waals surface area contributed by atoms with Gasteiger partial charge in [0.2, 0.25) is 0 Å². The van der Waals surface area contributed by atoms with Crippen molar-refractivity contribution >= 4 is 40.1 Å². The van der Waals surface area contributed by atoms with Gasteiger partial charge in [-0.25, -0.2) is 14.6 Å². The van der Waals surface area contributed by atoms with E-state index in [4.69, 9.17) is 28.3 Å². The zero-order chi connectivity index (χ0) is 14.8. The highest BCUT2D eigenvalue weighted by Gasteiger charge is 2.11. The molecule has 0 bridgehead atoms. The van der Waals surface area contributed by atoms with Crippen LogP contribution in [0.1, 0.15) is 0 Å². The van der Waals surface area contributed by atoms with Crippen molar-refractivity contribution in [1.82, 2.24) is 19.7 Å². The third-order valence-electron chi connectivity index (χ3n) is 2.92. The second-order valence-electron chi connectivity index (χ2n) is 4.26. The zero-order valence-electron chi connectivity index (χ0n) is 10.8. The Morgan fingerprint density at radius 1 is 1.19 bits per heavy atom. The van der Waals surface area contributed by atoms with E-state index in [0.717, 1.165) is 11.1 Å². The molecule has 0 amide bonds. The standard InChI is InChI=1S/C13H11Cl2N5O/c14-10-2-1-8(5-11(10)15)20-13-9(6-19-20)12(16-3-4-21)17-7-18-13/h1-2,5-7,21H,3-4H2,(H,16,17,18). The molecule has 0 saturated heterocycles. The van der Waals surface area contributed by atoms with E-state index in [-0.39, 0.29) is 6.61 Å². The van der Waals surface area contributed by atoms with Crippen LogP contribution in [0.15, 0.2) is 30.7 Å². The molecular formula is C13H11Cl2N5O. The summed E-state index contributed by atoms with van der Waals surface area (Å²) in [5.41, 5.74) is 1.40. The van der Waals surface area contributed by atoms with Crippen LogP contribution < -0.4 is 5.32 Å². The average molecular weight is 324 g/mol. The normalized spacial score (nSPS) is 11.0. The summed E-state index contributed by atoms with van der Waals surface area (Å²) >= 11 is 12.0. The third kappa shape index (κ3) is 2.65. The van der Waals surface area contributed by atoms with Crippen LogP contribution in [0.4, 0.5) is 5.82 Å². The molecule has 3 aromatic rings. The maximum absolute atomic E-state index is 8.89. The Morgan fingerprint density at radius 3 is 2.81 bits per heavy atom. The number of aliphatic hydroxyl groups excluding tert-OH is 1. The first-order valence-electron chi connectivity index (χ1n) is 6.19. The van der Waals surface area contributed by atoms with Crippen molar-refractivity contribution < 1.29 is 5.11 Å². The van der Waals surface area contributed by atoms with Gasteiger partial charge in [-0.15, -0.1) is 0 Å². The van der Waals surface area contributed by atoms with Crippen molar-refractivity contribution in [3.8, 4) is 5.69 Å². The molecule has 0 aliphatic rings. The summed E-state index contributed by atoms with van der Waals surface area (Å²) in [5.74, 6) is 0.625. The number of aliphatic hydroxyl groups is 1. The molecule has 0 aliphatic carbocycles. The number of anilines is 1. The lowest BCUT2D eigenvalue weighted by Crippen LogP contribution is -2.07. The summed E-state index contributed by atoms with van der Waals surface area (Å²) in [6, 6.07) is 5.24. The first-order valence-corrected chi connectivity index (χ1v) is 6.95. The number of halogens is 2. The molecule has 108 valence electrons. The van der Waals surface area contributed by atoms with E-state index in [1.807, 2.05) is 6.07 Å². The summed E-state index contributed by atoms with van der Waals surface area (Å²) in [6.45, 7) is 0.427. The van der Waals surface area contributed by atoms with Crippen LogP contribution in [0.2, 0.25) is 10.0 Å². The minimum Gasteiger partial charge on any atom is -0.395 e. The van der Waals surface area contributed by atoms with Gasteiger partial charge in [-0.05, 0) is 18.2 Å². The number of hydrogen-bond acceptors (Lipinski definition) is 5. The van der Waals surface area contributed by atoms with Gasteiger partial charge in [-0.2, -0.15) is 5.10 Å². The number of rotatable bonds is 4. The number of nitrogens with zero attached hydrogens (tertiary/aromatic N) is 4. The molecule has 6 nitrogen and oxygen atoms in total. The van der Waals surface area contributed by atoms with Gasteiger partial charge < -0.3 is 10.4 Å². The zero-order valence-corrected chi connectivity index (χ0v) is 12.3. The van der Waals surface area contributed by atoms with Gasteiger partial charge in [0.15, 0.2) is 5.65 Å². The van der Waals surface area contributed by atoms with Crippen LogP contribution in [0.3, 0.4) is 0 Å². The Bertz CT molecular complexity index is 789. The minimum atomic E-state index is 0.0203. The molecule has 3 rings (SSSR count). The summed E-state index contributed by atoms with van der Waals surface area (Å²) in [6.07, 6.45) is 3.11. The lowest BCUT2D eigenvalue weighted by molar-refractivity contribution is 0.311. The van der Waals surface area contributed by atoms with E-state index in [9.17, 15) is 0 Å². The molecule has 2 heterocycles. The average Bonchev–Trinajstić information content (AvgIpc) is 2.92. The highest BCUT2D eigenvalue weighted by molar-refractivity contribution is 6.42. The molecule has 0 fully saturated rings. The van der Waals surface area contributed by atoms with Gasteiger partial charge in [-0.1, -0.05) is 23.2 Å². The molecular weight excluding hydrogens is 313 g/mol. The Kier molecular flexibility index (Phi) is 3.92. The van der Waals surface area contributed by atoms with Crippen LogP contribution in [0.25, 0.3) is 16.7 Å². The molecule has 0 atom stereocenters. The summed E-state index contributed by atoms with van der Waals surface area (Å²) in [5, 5.41) is 17.9. The topological polar surface area (TPSA) is 75.9 Å². The number of hydrogen-bond donors (Lipinski definition) is 2.